The molecule has 4 aromatic carbocycles. The highest BCUT2D eigenvalue weighted by molar-refractivity contribution is 6.69. The van der Waals surface area contributed by atoms with Gasteiger partial charge in [-0.05, 0) is 52.0 Å². The minimum Gasteiger partial charge on any atom is -0.435 e. The number of aryl methyl sites for hydroxylation is 4. The van der Waals surface area contributed by atoms with E-state index in [1.807, 2.05) is 100 Å². The molecule has 55 heavy (non-hydrogen) atoms. The zero-order valence-corrected chi connectivity index (χ0v) is 31.6. The van der Waals surface area contributed by atoms with Crippen molar-refractivity contribution in [1.82, 2.24) is 19.1 Å². The van der Waals surface area contributed by atoms with Gasteiger partial charge in [-0.15, -0.1) is 0 Å². The fraction of sp³-hybridized carbons (Fsp3) is 0.150. The van der Waals surface area contributed by atoms with Gasteiger partial charge in [0.1, 0.15) is 22.6 Å². The lowest BCUT2D eigenvalue weighted by Gasteiger charge is -2.31. The van der Waals surface area contributed by atoms with Gasteiger partial charge in [-0.3, -0.25) is 8.47 Å². The van der Waals surface area contributed by atoms with Crippen LogP contribution in [0.15, 0.2) is 103 Å². The summed E-state index contributed by atoms with van der Waals surface area (Å²) >= 11 is 0. The second-order valence-corrected chi connectivity index (χ2v) is 16.4. The average Bonchev–Trinajstić information content (AvgIpc) is 3.86. The van der Waals surface area contributed by atoms with Crippen molar-refractivity contribution in [2.45, 2.75) is 27.7 Å². The van der Waals surface area contributed by atoms with E-state index >= 15 is 0 Å². The Labute approximate surface area is 314 Å². The van der Waals surface area contributed by atoms with Gasteiger partial charge in [0.15, 0.2) is 23.3 Å². The predicted molar refractivity (Wildman–Crippen MR) is 211 cm³/mol. The smallest absolute Gasteiger partial charge is 0.435 e. The van der Waals surface area contributed by atoms with Crippen molar-refractivity contribution in [3.63, 3.8) is 0 Å². The molecule has 2 amide bonds. The summed E-state index contributed by atoms with van der Waals surface area (Å²) in [7, 11) is -2.05. The van der Waals surface area contributed by atoms with Crippen LogP contribution in [-0.2, 0) is 8.85 Å². The standard InChI is InChI=1S/C40H32N10O4Si/c1-19-7-11-23-27(15-19)33-43-31(23)45-37-30-18-22(4)10-14-26(30)36-48-34-28-16-20(2)8-12-24(28)32(44-34)46-38-29-17-21(3)9-13-25(29)35(47-33)49(38)55(50(36)37,53-39(51)41-5)54-40(52)42-6/h7-18H,1-6H3,(H,41,51)(H,42,52)/b45-31-,45-37?,46-32?,46-38-,47-33?,47-35-,48-34-,48-36?. The summed E-state index contributed by atoms with van der Waals surface area (Å²) in [6, 6.07) is 23.8. The number of amides is 2. The topological polar surface area (TPSA) is 161 Å². The van der Waals surface area contributed by atoms with Crippen LogP contribution in [0.25, 0.3) is 21.5 Å². The molecule has 15 heteroatoms. The van der Waals surface area contributed by atoms with Gasteiger partial charge in [0, 0.05) is 57.9 Å². The molecule has 0 radical (unpaired) electrons. The number of carbonyl (C=O) groups excluding carboxylic acids is 2. The first-order valence-corrected chi connectivity index (χ1v) is 19.4. The lowest BCUT2D eigenvalue weighted by Crippen LogP contribution is -2.66. The summed E-state index contributed by atoms with van der Waals surface area (Å²) in [5.74, 6) is 2.17. The number of nitrogens with zero attached hydrogens (tertiary/aromatic N) is 8. The third kappa shape index (κ3) is 4.65. The first-order valence-electron chi connectivity index (χ1n) is 17.7. The molecule has 4 aliphatic heterocycles. The molecular weight excluding hydrogens is 713 g/mol. The molecule has 0 unspecified atom stereocenters. The van der Waals surface area contributed by atoms with E-state index in [4.69, 9.17) is 38.8 Å². The van der Waals surface area contributed by atoms with Crippen LogP contribution in [0.2, 0.25) is 0 Å². The number of amidine groups is 4. The highest BCUT2D eigenvalue weighted by Gasteiger charge is 2.59. The summed E-state index contributed by atoms with van der Waals surface area (Å²) in [4.78, 5) is 59.2. The van der Waals surface area contributed by atoms with Crippen LogP contribution >= 0.6 is 0 Å². The number of carbonyl (C=O) groups is 2. The second-order valence-electron chi connectivity index (χ2n) is 14.0. The Bertz CT molecular complexity index is 3040. The molecule has 270 valence electrons. The Morgan fingerprint density at radius 3 is 1.51 bits per heavy atom. The summed E-state index contributed by atoms with van der Waals surface area (Å²) in [6.45, 7) is 7.98. The van der Waals surface area contributed by atoms with E-state index in [-0.39, 0.29) is 0 Å². The fourth-order valence-corrected chi connectivity index (χ4v) is 10.7. The molecule has 6 heterocycles. The number of hydrogen-bond donors (Lipinski definition) is 2. The molecule has 0 spiro atoms. The van der Waals surface area contributed by atoms with Crippen molar-refractivity contribution in [3.05, 3.63) is 128 Å². The van der Waals surface area contributed by atoms with E-state index in [1.54, 1.807) is 8.47 Å². The van der Waals surface area contributed by atoms with Crippen LogP contribution in [0, 0.1) is 27.7 Å². The molecule has 14 nitrogen and oxygen atoms in total. The molecular formula is C40H32N10O4Si. The van der Waals surface area contributed by atoms with Crippen LogP contribution in [0.4, 0.5) is 21.2 Å². The maximum Gasteiger partial charge on any atom is 0.744 e. The van der Waals surface area contributed by atoms with Gasteiger partial charge in [0.05, 0.1) is 0 Å². The molecule has 0 saturated heterocycles. The number of aromatic nitrogens is 2. The Morgan fingerprint density at radius 2 is 0.927 bits per heavy atom. The summed E-state index contributed by atoms with van der Waals surface area (Å²) in [5.41, 5.74) is 7.59. The molecule has 2 aromatic heterocycles. The van der Waals surface area contributed by atoms with Gasteiger partial charge in [-0.1, -0.05) is 70.8 Å². The Balaban J connectivity index is 1.55. The molecule has 0 fully saturated rings. The van der Waals surface area contributed by atoms with E-state index in [1.165, 1.54) is 14.1 Å². The lowest BCUT2D eigenvalue weighted by atomic mass is 10.0. The average molecular weight is 745 g/mol. The Hall–Kier alpha value is -7.00. The third-order valence-corrected chi connectivity index (χ3v) is 13.1. The molecule has 0 saturated carbocycles. The monoisotopic (exact) mass is 744 g/mol. The van der Waals surface area contributed by atoms with E-state index in [2.05, 4.69) is 10.6 Å². The summed E-state index contributed by atoms with van der Waals surface area (Å²) < 4.78 is 16.6. The van der Waals surface area contributed by atoms with Crippen LogP contribution in [0.5, 0.6) is 0 Å². The fourth-order valence-electron chi connectivity index (χ4n) is 7.64. The van der Waals surface area contributed by atoms with Crippen molar-refractivity contribution in [2.75, 3.05) is 14.1 Å². The SMILES string of the molecule is CNC(=O)O[Si]1(OC(=O)NC)n2c3c4cc(C)ccc4c2/N=C2N=C(/N=c4/c5cc(C)ccc5/c(n41)=N/C1=NC(=N\3)/c3ccc(C)cc31)c1ccc(C)cc1\2. The van der Waals surface area contributed by atoms with Crippen LogP contribution in [-0.4, -0.2) is 67.0 Å². The first kappa shape index (κ1) is 32.6. The van der Waals surface area contributed by atoms with Gasteiger partial charge >= 0.3 is 21.1 Å². The van der Waals surface area contributed by atoms with Crippen molar-refractivity contribution in [1.29, 1.82) is 0 Å². The number of benzene rings is 4. The highest BCUT2D eigenvalue weighted by atomic mass is 28.4. The van der Waals surface area contributed by atoms with E-state index in [9.17, 15) is 9.59 Å². The zero-order valence-electron chi connectivity index (χ0n) is 30.6. The lowest BCUT2D eigenvalue weighted by molar-refractivity contribution is 0.156. The molecule has 6 bridgehead atoms. The maximum atomic E-state index is 13.9. The van der Waals surface area contributed by atoms with Gasteiger partial charge in [-0.2, -0.15) is 0 Å². The first-order chi connectivity index (χ1) is 26.6. The summed E-state index contributed by atoms with van der Waals surface area (Å²) in [5, 5.41) is 7.84. The van der Waals surface area contributed by atoms with E-state index in [0.717, 1.165) is 44.5 Å². The largest absolute Gasteiger partial charge is 0.744 e. The number of nitrogens with one attached hydrogen (secondary N) is 2. The van der Waals surface area contributed by atoms with E-state index < -0.39 is 21.1 Å². The van der Waals surface area contributed by atoms with Gasteiger partial charge in [-0.25, -0.2) is 39.5 Å². The molecule has 4 aliphatic rings. The van der Waals surface area contributed by atoms with Crippen LogP contribution < -0.4 is 21.6 Å². The number of rotatable bonds is 2. The van der Waals surface area contributed by atoms with Crippen molar-refractivity contribution >= 4 is 77.6 Å². The molecule has 0 atom stereocenters. The highest BCUT2D eigenvalue weighted by Crippen LogP contribution is 2.44. The van der Waals surface area contributed by atoms with Crippen molar-refractivity contribution in [2.24, 2.45) is 30.0 Å². The van der Waals surface area contributed by atoms with Crippen LogP contribution in [0.3, 0.4) is 0 Å². The van der Waals surface area contributed by atoms with Gasteiger partial charge < -0.3 is 19.5 Å². The quantitative estimate of drug-likeness (QED) is 0.230. The minimum atomic E-state index is -4.94. The normalized spacial score (nSPS) is 18.5. The molecule has 2 N–H and O–H groups in total. The predicted octanol–water partition coefficient (Wildman–Crippen LogP) is 5.32. The number of hydrogen-bond acceptors (Lipinski definition) is 10. The zero-order chi connectivity index (χ0) is 37.9. The number of aliphatic imine (C=N–C) groups is 4. The van der Waals surface area contributed by atoms with Crippen LogP contribution in [0.1, 0.15) is 44.5 Å². The van der Waals surface area contributed by atoms with Gasteiger partial charge in [0.25, 0.3) is 0 Å². The second kappa shape index (κ2) is 11.5. The molecule has 0 aliphatic carbocycles. The molecule has 10 rings (SSSR count). The summed E-state index contributed by atoms with van der Waals surface area (Å²) in [6.07, 6.45) is -1.72. The third-order valence-electron chi connectivity index (χ3n) is 10.2. The minimum absolute atomic E-state index is 0.306. The van der Waals surface area contributed by atoms with Crippen molar-refractivity contribution < 1.29 is 18.4 Å². The number of fused-ring (bicyclic) bond motifs is 14. The molecule has 6 aromatic rings. The van der Waals surface area contributed by atoms with Crippen molar-refractivity contribution in [3.8, 4) is 0 Å². The van der Waals surface area contributed by atoms with E-state index in [0.29, 0.717) is 67.5 Å². The maximum absolute atomic E-state index is 13.9. The Morgan fingerprint density at radius 1 is 0.491 bits per heavy atom. The Kier molecular flexibility index (Phi) is 6.82. The van der Waals surface area contributed by atoms with Gasteiger partial charge in [0.2, 0.25) is 0 Å².